The Kier molecular flexibility index (Phi) is 7.70. The van der Waals surface area contributed by atoms with Gasteiger partial charge in [-0.15, -0.1) is 11.8 Å². The summed E-state index contributed by atoms with van der Waals surface area (Å²) in [5.41, 5.74) is 1.24. The molecule has 0 unspecified atom stereocenters. The highest BCUT2D eigenvalue weighted by Crippen LogP contribution is 2.19. The molecule has 0 bridgehead atoms. The van der Waals surface area contributed by atoms with Gasteiger partial charge in [0.25, 0.3) is 0 Å². The number of benzene rings is 1. The van der Waals surface area contributed by atoms with Gasteiger partial charge >= 0.3 is 5.97 Å². The number of carbonyl (C=O) groups excluding carboxylic acids is 1. The summed E-state index contributed by atoms with van der Waals surface area (Å²) in [6, 6.07) is 8.28. The SMILES string of the molecule is CC(C)CNCc1cccc(SCC(=O)OC(C)C)c1. The molecular weight excluding hydrogens is 270 g/mol. The molecule has 0 fully saturated rings. The Hall–Kier alpha value is -1.00. The zero-order valence-electron chi connectivity index (χ0n) is 12.8. The van der Waals surface area contributed by atoms with E-state index in [-0.39, 0.29) is 12.1 Å². The summed E-state index contributed by atoms with van der Waals surface area (Å²) in [7, 11) is 0. The Labute approximate surface area is 126 Å². The predicted molar refractivity (Wildman–Crippen MR) is 84.9 cm³/mol. The van der Waals surface area contributed by atoms with Crippen LogP contribution < -0.4 is 5.32 Å². The average Bonchev–Trinajstić information content (AvgIpc) is 2.36. The maximum atomic E-state index is 11.5. The van der Waals surface area contributed by atoms with Gasteiger partial charge in [0.05, 0.1) is 11.9 Å². The van der Waals surface area contributed by atoms with Crippen molar-refractivity contribution >= 4 is 17.7 Å². The zero-order valence-corrected chi connectivity index (χ0v) is 13.6. The van der Waals surface area contributed by atoms with Crippen LogP contribution in [0.1, 0.15) is 33.3 Å². The van der Waals surface area contributed by atoms with E-state index in [1.165, 1.54) is 17.3 Å². The summed E-state index contributed by atoms with van der Waals surface area (Å²) in [4.78, 5) is 12.6. The molecule has 1 aromatic rings. The monoisotopic (exact) mass is 295 g/mol. The maximum absolute atomic E-state index is 11.5. The summed E-state index contributed by atoms with van der Waals surface area (Å²) in [5, 5.41) is 3.42. The van der Waals surface area contributed by atoms with Crippen molar-refractivity contribution in [3.63, 3.8) is 0 Å². The number of hydrogen-bond acceptors (Lipinski definition) is 4. The van der Waals surface area contributed by atoms with Crippen molar-refractivity contribution in [3.05, 3.63) is 29.8 Å². The number of thioether (sulfide) groups is 1. The smallest absolute Gasteiger partial charge is 0.316 e. The molecule has 0 aliphatic carbocycles. The molecule has 0 saturated carbocycles. The summed E-state index contributed by atoms with van der Waals surface area (Å²) in [6.45, 7) is 9.99. The largest absolute Gasteiger partial charge is 0.462 e. The second-order valence-electron chi connectivity index (χ2n) is 5.50. The van der Waals surface area contributed by atoms with Gasteiger partial charge in [0.2, 0.25) is 0 Å². The van der Waals surface area contributed by atoms with Gasteiger partial charge in [-0.05, 0) is 44.0 Å². The topological polar surface area (TPSA) is 38.3 Å². The average molecular weight is 295 g/mol. The van der Waals surface area contributed by atoms with Crippen LogP contribution in [0.15, 0.2) is 29.2 Å². The van der Waals surface area contributed by atoms with Gasteiger partial charge in [0, 0.05) is 11.4 Å². The fraction of sp³-hybridized carbons (Fsp3) is 0.562. The van der Waals surface area contributed by atoms with E-state index in [9.17, 15) is 4.79 Å². The Morgan fingerprint density at radius 1 is 1.30 bits per heavy atom. The van der Waals surface area contributed by atoms with Crippen molar-refractivity contribution in [1.82, 2.24) is 5.32 Å². The second kappa shape index (κ2) is 9.03. The Morgan fingerprint density at radius 3 is 2.70 bits per heavy atom. The first kappa shape index (κ1) is 17.1. The summed E-state index contributed by atoms with van der Waals surface area (Å²) >= 11 is 1.52. The third kappa shape index (κ3) is 7.56. The highest BCUT2D eigenvalue weighted by molar-refractivity contribution is 8.00. The van der Waals surface area contributed by atoms with Gasteiger partial charge in [-0.25, -0.2) is 0 Å². The number of carbonyl (C=O) groups is 1. The van der Waals surface area contributed by atoms with Crippen LogP contribution in [-0.2, 0) is 16.1 Å². The summed E-state index contributed by atoms with van der Waals surface area (Å²) < 4.78 is 5.12. The van der Waals surface area contributed by atoms with Crippen molar-refractivity contribution in [3.8, 4) is 0 Å². The van der Waals surface area contributed by atoms with Crippen LogP contribution in [-0.4, -0.2) is 24.4 Å². The molecule has 0 spiro atoms. The lowest BCUT2D eigenvalue weighted by molar-refractivity contribution is -0.144. The van der Waals surface area contributed by atoms with Gasteiger partial charge in [0.15, 0.2) is 0 Å². The van der Waals surface area contributed by atoms with E-state index in [0.29, 0.717) is 11.7 Å². The van der Waals surface area contributed by atoms with E-state index in [1.54, 1.807) is 0 Å². The lowest BCUT2D eigenvalue weighted by Gasteiger charge is -2.09. The van der Waals surface area contributed by atoms with E-state index < -0.39 is 0 Å². The van der Waals surface area contributed by atoms with E-state index in [4.69, 9.17) is 4.74 Å². The van der Waals surface area contributed by atoms with E-state index in [0.717, 1.165) is 18.0 Å². The first-order chi connectivity index (χ1) is 9.47. The molecule has 1 aromatic carbocycles. The fourth-order valence-electron chi connectivity index (χ4n) is 1.69. The minimum atomic E-state index is -0.159. The van der Waals surface area contributed by atoms with E-state index >= 15 is 0 Å². The summed E-state index contributed by atoms with van der Waals surface area (Å²) in [6.07, 6.45) is -0.0466. The van der Waals surface area contributed by atoms with Crippen LogP contribution in [0.4, 0.5) is 0 Å². The van der Waals surface area contributed by atoms with E-state index in [1.807, 2.05) is 26.0 Å². The quantitative estimate of drug-likeness (QED) is 0.588. The Balaban J connectivity index is 2.41. The molecule has 4 heteroatoms. The molecule has 0 radical (unpaired) electrons. The molecule has 0 heterocycles. The number of nitrogens with one attached hydrogen (secondary N) is 1. The van der Waals surface area contributed by atoms with Crippen LogP contribution in [0.25, 0.3) is 0 Å². The third-order valence-electron chi connectivity index (χ3n) is 2.50. The molecule has 20 heavy (non-hydrogen) atoms. The zero-order chi connectivity index (χ0) is 15.0. The molecule has 0 aromatic heterocycles. The van der Waals surface area contributed by atoms with Gasteiger partial charge in [-0.1, -0.05) is 26.0 Å². The van der Waals surface area contributed by atoms with Crippen molar-refractivity contribution < 1.29 is 9.53 Å². The first-order valence-electron chi connectivity index (χ1n) is 7.09. The second-order valence-corrected chi connectivity index (χ2v) is 6.55. The van der Waals surface area contributed by atoms with Crippen LogP contribution in [0.3, 0.4) is 0 Å². The minimum Gasteiger partial charge on any atom is -0.462 e. The highest BCUT2D eigenvalue weighted by Gasteiger charge is 2.06. The van der Waals surface area contributed by atoms with Crippen molar-refractivity contribution in [1.29, 1.82) is 0 Å². The van der Waals surface area contributed by atoms with Gasteiger partial charge in [0.1, 0.15) is 0 Å². The molecule has 112 valence electrons. The van der Waals surface area contributed by atoms with Crippen LogP contribution in [0.5, 0.6) is 0 Å². The number of ether oxygens (including phenoxy) is 1. The van der Waals surface area contributed by atoms with Crippen LogP contribution in [0.2, 0.25) is 0 Å². The molecule has 3 nitrogen and oxygen atoms in total. The Bertz CT molecular complexity index is 419. The van der Waals surface area contributed by atoms with Crippen molar-refractivity contribution in [2.75, 3.05) is 12.3 Å². The number of esters is 1. The summed E-state index contributed by atoms with van der Waals surface area (Å²) in [5.74, 6) is 0.854. The lowest BCUT2D eigenvalue weighted by atomic mass is 10.2. The molecule has 0 amide bonds. The fourth-order valence-corrected chi connectivity index (χ4v) is 2.45. The minimum absolute atomic E-state index is 0.0466. The third-order valence-corrected chi connectivity index (χ3v) is 3.47. The predicted octanol–water partition coefficient (Wildman–Crippen LogP) is 3.48. The molecule has 0 aliphatic rings. The van der Waals surface area contributed by atoms with Crippen LogP contribution >= 0.6 is 11.8 Å². The maximum Gasteiger partial charge on any atom is 0.316 e. The van der Waals surface area contributed by atoms with Crippen molar-refractivity contribution in [2.24, 2.45) is 5.92 Å². The standard InChI is InChI=1S/C16H25NO2S/c1-12(2)9-17-10-14-6-5-7-15(8-14)20-11-16(18)19-13(3)4/h5-8,12-13,17H,9-11H2,1-4H3. The van der Waals surface area contributed by atoms with E-state index in [2.05, 4.69) is 31.3 Å². The molecule has 1 rings (SSSR count). The first-order valence-corrected chi connectivity index (χ1v) is 8.08. The van der Waals surface area contributed by atoms with Crippen LogP contribution in [0, 0.1) is 5.92 Å². The normalized spacial score (nSPS) is 11.1. The lowest BCUT2D eigenvalue weighted by Crippen LogP contribution is -2.18. The van der Waals surface area contributed by atoms with Gasteiger partial charge in [-0.2, -0.15) is 0 Å². The molecule has 0 saturated heterocycles. The number of rotatable bonds is 8. The molecular formula is C16H25NO2S. The molecule has 1 N–H and O–H groups in total. The highest BCUT2D eigenvalue weighted by atomic mass is 32.2. The van der Waals surface area contributed by atoms with Gasteiger partial charge in [-0.3, -0.25) is 4.79 Å². The molecule has 0 aliphatic heterocycles. The van der Waals surface area contributed by atoms with Gasteiger partial charge < -0.3 is 10.1 Å². The molecule has 0 atom stereocenters. The Morgan fingerprint density at radius 2 is 2.05 bits per heavy atom. The van der Waals surface area contributed by atoms with Crippen molar-refractivity contribution in [2.45, 2.75) is 45.2 Å². The number of hydrogen-bond donors (Lipinski definition) is 1.